The Morgan fingerprint density at radius 3 is 2.12 bits per heavy atom. The van der Waals surface area contributed by atoms with Gasteiger partial charge in [0.05, 0.1) is 0 Å². The smallest absolute Gasteiger partial charge is 0.00443 e. The minimum atomic E-state index is 0.527. The Bertz CT molecular complexity index is 358. The molecule has 0 aromatic heterocycles. The molecule has 1 aromatic rings. The average molecular weight is 214 g/mol. The van der Waals surface area contributed by atoms with E-state index in [1.54, 1.807) is 5.56 Å². The summed E-state index contributed by atoms with van der Waals surface area (Å²) in [4.78, 5) is 0. The maximum Gasteiger partial charge on any atom is -0.00443 e. The van der Waals surface area contributed by atoms with Gasteiger partial charge < -0.3 is 0 Å². The molecule has 1 aromatic carbocycles. The molecule has 0 amide bonds. The summed E-state index contributed by atoms with van der Waals surface area (Å²) >= 11 is 0. The van der Waals surface area contributed by atoms with Gasteiger partial charge in [-0.1, -0.05) is 36.8 Å². The third-order valence-corrected chi connectivity index (χ3v) is 5.03. The fourth-order valence-corrected chi connectivity index (χ4v) is 4.03. The van der Waals surface area contributed by atoms with Gasteiger partial charge in [0, 0.05) is 0 Å². The summed E-state index contributed by atoms with van der Waals surface area (Å²) in [6.07, 6.45) is 7.26. The van der Waals surface area contributed by atoms with E-state index < -0.39 is 0 Å². The Morgan fingerprint density at radius 1 is 1.06 bits per heavy atom. The van der Waals surface area contributed by atoms with Crippen molar-refractivity contribution < 1.29 is 0 Å². The van der Waals surface area contributed by atoms with Crippen molar-refractivity contribution in [1.82, 2.24) is 0 Å². The number of rotatable bonds is 2. The first-order chi connectivity index (χ1) is 7.72. The lowest BCUT2D eigenvalue weighted by atomic mass is 9.52. The largest absolute Gasteiger partial charge is 0.0645 e. The molecule has 0 unspecified atom stereocenters. The molecule has 3 saturated carbocycles. The Kier molecular flexibility index (Phi) is 2.34. The van der Waals surface area contributed by atoms with E-state index in [1.165, 1.54) is 37.7 Å². The van der Waals surface area contributed by atoms with Crippen molar-refractivity contribution in [1.29, 1.82) is 0 Å². The fourth-order valence-electron chi connectivity index (χ4n) is 4.03. The van der Waals surface area contributed by atoms with Gasteiger partial charge in [0.1, 0.15) is 0 Å². The molecule has 3 fully saturated rings. The molecular weight excluding hydrogens is 192 g/mol. The first-order valence-corrected chi connectivity index (χ1v) is 6.79. The van der Waals surface area contributed by atoms with Crippen LogP contribution >= 0.6 is 0 Å². The normalized spacial score (nSPS) is 36.9. The molecular formula is C16H22. The molecule has 0 heteroatoms. The fraction of sp³-hybridized carbons (Fsp3) is 0.625. The van der Waals surface area contributed by atoms with Crippen LogP contribution in [0, 0.1) is 18.8 Å². The lowest BCUT2D eigenvalue weighted by Gasteiger charge is -2.52. The van der Waals surface area contributed by atoms with E-state index in [0.29, 0.717) is 5.41 Å². The summed E-state index contributed by atoms with van der Waals surface area (Å²) in [6, 6.07) is 9.33. The van der Waals surface area contributed by atoms with Gasteiger partial charge >= 0.3 is 0 Å². The van der Waals surface area contributed by atoms with E-state index in [9.17, 15) is 0 Å². The first-order valence-electron chi connectivity index (χ1n) is 6.79. The zero-order valence-corrected chi connectivity index (χ0v) is 10.5. The van der Waals surface area contributed by atoms with Crippen LogP contribution in [0.15, 0.2) is 24.3 Å². The number of aryl methyl sites for hydroxylation is 1. The molecule has 0 atom stereocenters. The van der Waals surface area contributed by atoms with Crippen molar-refractivity contribution >= 4 is 0 Å². The van der Waals surface area contributed by atoms with Crippen LogP contribution in [-0.4, -0.2) is 0 Å². The second-order valence-electron chi connectivity index (χ2n) is 6.11. The summed E-state index contributed by atoms with van der Waals surface area (Å²) in [5, 5.41) is 0. The van der Waals surface area contributed by atoms with Crippen LogP contribution in [0.2, 0.25) is 0 Å². The quantitative estimate of drug-likeness (QED) is 0.681. The van der Waals surface area contributed by atoms with Gasteiger partial charge in [0.25, 0.3) is 0 Å². The lowest BCUT2D eigenvalue weighted by Crippen LogP contribution is -2.43. The van der Waals surface area contributed by atoms with Gasteiger partial charge in [-0.25, -0.2) is 0 Å². The third kappa shape index (κ3) is 1.50. The SMILES string of the molecule is CCC1(c2ccc(C)cc2)CC2CC(C2)C1. The van der Waals surface area contributed by atoms with Crippen LogP contribution in [0.4, 0.5) is 0 Å². The molecule has 0 radical (unpaired) electrons. The Labute approximate surface area is 99.1 Å². The number of hydrogen-bond donors (Lipinski definition) is 0. The Hall–Kier alpha value is -0.780. The number of benzene rings is 1. The van der Waals surface area contributed by atoms with Gasteiger partial charge in [0.15, 0.2) is 0 Å². The van der Waals surface area contributed by atoms with Crippen molar-refractivity contribution in [2.45, 2.75) is 51.4 Å². The highest BCUT2D eigenvalue weighted by molar-refractivity contribution is 5.30. The minimum Gasteiger partial charge on any atom is -0.0645 e. The molecule has 3 aliphatic rings. The molecule has 0 heterocycles. The van der Waals surface area contributed by atoms with Crippen LogP contribution in [-0.2, 0) is 5.41 Å². The summed E-state index contributed by atoms with van der Waals surface area (Å²) in [7, 11) is 0. The molecule has 16 heavy (non-hydrogen) atoms. The predicted molar refractivity (Wildman–Crippen MR) is 68.6 cm³/mol. The Balaban J connectivity index is 1.92. The van der Waals surface area contributed by atoms with Crippen molar-refractivity contribution in [3.8, 4) is 0 Å². The molecule has 0 saturated heterocycles. The second kappa shape index (κ2) is 3.61. The van der Waals surface area contributed by atoms with E-state index >= 15 is 0 Å². The zero-order valence-electron chi connectivity index (χ0n) is 10.5. The molecule has 86 valence electrons. The molecule has 0 N–H and O–H groups in total. The molecule has 3 aliphatic carbocycles. The molecule has 0 spiro atoms. The second-order valence-corrected chi connectivity index (χ2v) is 6.11. The van der Waals surface area contributed by atoms with Crippen LogP contribution < -0.4 is 0 Å². The molecule has 2 bridgehead atoms. The summed E-state index contributed by atoms with van der Waals surface area (Å²) < 4.78 is 0. The topological polar surface area (TPSA) is 0 Å². The summed E-state index contributed by atoms with van der Waals surface area (Å²) in [5.74, 6) is 2.08. The van der Waals surface area contributed by atoms with Crippen LogP contribution in [0.3, 0.4) is 0 Å². The number of fused-ring (bicyclic) bond motifs is 2. The molecule has 4 rings (SSSR count). The highest BCUT2D eigenvalue weighted by atomic mass is 14.5. The van der Waals surface area contributed by atoms with Gasteiger partial charge in [-0.3, -0.25) is 0 Å². The van der Waals surface area contributed by atoms with E-state index in [0.717, 1.165) is 11.8 Å². The van der Waals surface area contributed by atoms with Gasteiger partial charge in [0.2, 0.25) is 0 Å². The van der Waals surface area contributed by atoms with Crippen LogP contribution in [0.1, 0.15) is 50.2 Å². The summed E-state index contributed by atoms with van der Waals surface area (Å²) in [6.45, 7) is 4.56. The maximum atomic E-state index is 2.38. The summed E-state index contributed by atoms with van der Waals surface area (Å²) in [5.41, 5.74) is 3.52. The number of hydrogen-bond acceptors (Lipinski definition) is 0. The van der Waals surface area contributed by atoms with Crippen molar-refractivity contribution in [2.75, 3.05) is 0 Å². The van der Waals surface area contributed by atoms with Crippen LogP contribution in [0.5, 0.6) is 0 Å². The lowest BCUT2D eigenvalue weighted by molar-refractivity contribution is 0.0416. The predicted octanol–water partition coefficient (Wildman–Crippen LogP) is 4.46. The standard InChI is InChI=1S/C16H22/c1-3-16(10-13-8-14(9-13)11-16)15-6-4-12(2)5-7-15/h4-7,13-14H,3,8-11H2,1-2H3. The van der Waals surface area contributed by atoms with Gasteiger partial charge in [-0.2, -0.15) is 0 Å². The van der Waals surface area contributed by atoms with Gasteiger partial charge in [-0.15, -0.1) is 0 Å². The van der Waals surface area contributed by atoms with Gasteiger partial charge in [-0.05, 0) is 61.8 Å². The molecule has 0 nitrogen and oxygen atoms in total. The monoisotopic (exact) mass is 214 g/mol. The van der Waals surface area contributed by atoms with Crippen molar-refractivity contribution in [3.05, 3.63) is 35.4 Å². The average Bonchev–Trinajstić information content (AvgIpc) is 2.29. The van der Waals surface area contributed by atoms with E-state index in [-0.39, 0.29) is 0 Å². The third-order valence-electron chi connectivity index (χ3n) is 5.03. The first kappa shape index (κ1) is 10.4. The van der Waals surface area contributed by atoms with Crippen molar-refractivity contribution in [2.24, 2.45) is 11.8 Å². The van der Waals surface area contributed by atoms with E-state index in [2.05, 4.69) is 38.1 Å². The van der Waals surface area contributed by atoms with E-state index in [4.69, 9.17) is 0 Å². The Morgan fingerprint density at radius 2 is 1.62 bits per heavy atom. The van der Waals surface area contributed by atoms with Crippen molar-refractivity contribution in [3.63, 3.8) is 0 Å². The van der Waals surface area contributed by atoms with E-state index in [1.807, 2.05) is 0 Å². The van der Waals surface area contributed by atoms with Crippen LogP contribution in [0.25, 0.3) is 0 Å². The highest BCUT2D eigenvalue weighted by Crippen LogP contribution is 2.56. The minimum absolute atomic E-state index is 0.527. The zero-order chi connectivity index (χ0) is 11.2. The maximum absolute atomic E-state index is 2.38. The highest BCUT2D eigenvalue weighted by Gasteiger charge is 2.46. The molecule has 0 aliphatic heterocycles.